The van der Waals surface area contributed by atoms with Crippen molar-refractivity contribution in [3.63, 3.8) is 0 Å². The minimum atomic E-state index is 0.0442. The minimum absolute atomic E-state index is 0.0442. The summed E-state index contributed by atoms with van der Waals surface area (Å²) in [6, 6.07) is 20.1. The molecule has 4 aromatic rings. The van der Waals surface area contributed by atoms with Crippen LogP contribution < -0.4 is 5.32 Å². The molecule has 2 heterocycles. The van der Waals surface area contributed by atoms with Crippen molar-refractivity contribution < 1.29 is 4.79 Å². The molecule has 0 spiro atoms. The summed E-state index contributed by atoms with van der Waals surface area (Å²) in [6.07, 6.45) is 4.52. The second kappa shape index (κ2) is 7.62. The van der Waals surface area contributed by atoms with E-state index in [1.54, 1.807) is 11.8 Å². The highest BCUT2D eigenvalue weighted by Gasteiger charge is 2.05. The number of nitrogens with zero attached hydrogens (tertiary/aromatic N) is 2. The molecule has 1 amide bonds. The van der Waals surface area contributed by atoms with Gasteiger partial charge >= 0.3 is 0 Å². The van der Waals surface area contributed by atoms with Gasteiger partial charge in [0.05, 0.1) is 5.69 Å². The molecule has 0 aliphatic heterocycles. The Hall–Kier alpha value is -2.79. The number of hydrogen-bond donors (Lipinski definition) is 1. The van der Waals surface area contributed by atoms with Crippen molar-refractivity contribution in [1.29, 1.82) is 0 Å². The van der Waals surface area contributed by atoms with Crippen LogP contribution in [0.5, 0.6) is 0 Å². The molecule has 4 nitrogen and oxygen atoms in total. The average molecular weight is 361 g/mol. The number of thioether (sulfide) groups is 1. The first-order chi connectivity index (χ1) is 12.8. The van der Waals surface area contributed by atoms with Crippen LogP contribution in [-0.4, -0.2) is 21.0 Å². The molecular formula is C21H19N3OS. The van der Waals surface area contributed by atoms with E-state index in [4.69, 9.17) is 0 Å². The molecule has 0 aliphatic rings. The maximum Gasteiger partial charge on any atom is 0.225 e. The number of rotatable bonds is 6. The fourth-order valence-electron chi connectivity index (χ4n) is 2.89. The van der Waals surface area contributed by atoms with Crippen LogP contribution in [0.2, 0.25) is 0 Å². The first-order valence-corrected chi connectivity index (χ1v) is 9.72. The Balaban J connectivity index is 1.26. The number of nitrogens with one attached hydrogen (secondary N) is 1. The molecule has 2 aromatic carbocycles. The number of pyridine rings is 1. The van der Waals surface area contributed by atoms with E-state index in [-0.39, 0.29) is 5.91 Å². The summed E-state index contributed by atoms with van der Waals surface area (Å²) in [5.41, 5.74) is 2.84. The quantitative estimate of drug-likeness (QED) is 0.504. The zero-order valence-electron chi connectivity index (χ0n) is 14.3. The van der Waals surface area contributed by atoms with Gasteiger partial charge in [0.1, 0.15) is 5.65 Å². The third-order valence-electron chi connectivity index (χ3n) is 4.17. The van der Waals surface area contributed by atoms with E-state index in [2.05, 4.69) is 22.4 Å². The fourth-order valence-corrected chi connectivity index (χ4v) is 3.71. The van der Waals surface area contributed by atoms with Crippen LogP contribution >= 0.6 is 11.8 Å². The lowest BCUT2D eigenvalue weighted by Crippen LogP contribution is -2.12. The van der Waals surface area contributed by atoms with Gasteiger partial charge in [0, 0.05) is 36.0 Å². The normalized spacial score (nSPS) is 11.1. The predicted molar refractivity (Wildman–Crippen MR) is 109 cm³/mol. The molecule has 130 valence electrons. The maximum atomic E-state index is 12.2. The van der Waals surface area contributed by atoms with Crippen molar-refractivity contribution >= 4 is 39.8 Å². The first-order valence-electron chi connectivity index (χ1n) is 8.57. The van der Waals surface area contributed by atoms with Crippen molar-refractivity contribution in [2.24, 2.45) is 0 Å². The van der Waals surface area contributed by atoms with Gasteiger partial charge in [-0.2, -0.15) is 11.8 Å². The molecule has 0 unspecified atom stereocenters. The number of hydrogen-bond acceptors (Lipinski definition) is 3. The Morgan fingerprint density at radius 2 is 1.88 bits per heavy atom. The fraction of sp³-hybridized carbons (Fsp3) is 0.143. The van der Waals surface area contributed by atoms with Crippen molar-refractivity contribution in [1.82, 2.24) is 9.38 Å². The molecule has 2 aromatic heterocycles. The van der Waals surface area contributed by atoms with E-state index in [1.807, 2.05) is 65.3 Å². The Morgan fingerprint density at radius 3 is 2.77 bits per heavy atom. The summed E-state index contributed by atoms with van der Waals surface area (Å²) >= 11 is 1.73. The molecule has 26 heavy (non-hydrogen) atoms. The van der Waals surface area contributed by atoms with Gasteiger partial charge < -0.3 is 9.72 Å². The highest BCUT2D eigenvalue weighted by Crippen LogP contribution is 2.19. The summed E-state index contributed by atoms with van der Waals surface area (Å²) in [6.45, 7) is 0. The van der Waals surface area contributed by atoms with E-state index in [1.165, 1.54) is 5.39 Å². The lowest BCUT2D eigenvalue weighted by atomic mass is 10.1. The van der Waals surface area contributed by atoms with Gasteiger partial charge in [-0.25, -0.2) is 4.98 Å². The SMILES string of the molecule is O=C(CCSCc1cn2ccccc2n1)Nc1ccc2ccccc2c1. The third-order valence-corrected chi connectivity index (χ3v) is 5.16. The molecule has 0 fully saturated rings. The Morgan fingerprint density at radius 1 is 1.04 bits per heavy atom. The van der Waals surface area contributed by atoms with E-state index < -0.39 is 0 Å². The van der Waals surface area contributed by atoms with Gasteiger partial charge in [-0.1, -0.05) is 36.4 Å². The molecule has 0 aliphatic carbocycles. The maximum absolute atomic E-state index is 12.2. The van der Waals surface area contributed by atoms with Gasteiger partial charge in [-0.05, 0) is 35.0 Å². The Labute approximate surface area is 156 Å². The van der Waals surface area contributed by atoms with E-state index in [0.717, 1.165) is 33.9 Å². The van der Waals surface area contributed by atoms with Crippen LogP contribution in [0.15, 0.2) is 73.1 Å². The van der Waals surface area contributed by atoms with Crippen LogP contribution in [0.1, 0.15) is 12.1 Å². The van der Waals surface area contributed by atoms with Crippen LogP contribution in [0.25, 0.3) is 16.4 Å². The molecule has 0 saturated heterocycles. The summed E-state index contributed by atoms with van der Waals surface area (Å²) in [4.78, 5) is 16.7. The van der Waals surface area contributed by atoms with Gasteiger partial charge in [0.15, 0.2) is 0 Å². The monoisotopic (exact) mass is 361 g/mol. The number of fused-ring (bicyclic) bond motifs is 2. The van der Waals surface area contributed by atoms with Crippen LogP contribution in [-0.2, 0) is 10.5 Å². The molecule has 4 rings (SSSR count). The first kappa shape index (κ1) is 16.7. The van der Waals surface area contributed by atoms with Crippen LogP contribution in [0, 0.1) is 0 Å². The number of amides is 1. The van der Waals surface area contributed by atoms with Gasteiger partial charge in [0.2, 0.25) is 5.91 Å². The largest absolute Gasteiger partial charge is 0.326 e. The standard InChI is InChI=1S/C21H19N3OS/c25-21(23-18-9-8-16-5-1-2-6-17(16)13-18)10-12-26-15-19-14-24-11-4-3-7-20(24)22-19/h1-9,11,13-14H,10,12,15H2,(H,23,25). The van der Waals surface area contributed by atoms with E-state index in [9.17, 15) is 4.79 Å². The van der Waals surface area contributed by atoms with Crippen molar-refractivity contribution in [2.75, 3.05) is 11.1 Å². The summed E-state index contributed by atoms with van der Waals surface area (Å²) in [5, 5.41) is 5.29. The lowest BCUT2D eigenvalue weighted by molar-refractivity contribution is -0.115. The summed E-state index contributed by atoms with van der Waals surface area (Å²) < 4.78 is 2.02. The zero-order chi connectivity index (χ0) is 17.8. The predicted octanol–water partition coefficient (Wildman–Crippen LogP) is 4.75. The highest BCUT2D eigenvalue weighted by molar-refractivity contribution is 7.98. The number of benzene rings is 2. The number of imidazole rings is 1. The van der Waals surface area contributed by atoms with Gasteiger partial charge in [0.25, 0.3) is 0 Å². The minimum Gasteiger partial charge on any atom is -0.326 e. The van der Waals surface area contributed by atoms with Gasteiger partial charge in [-0.15, -0.1) is 0 Å². The highest BCUT2D eigenvalue weighted by atomic mass is 32.2. The molecule has 1 N–H and O–H groups in total. The van der Waals surface area contributed by atoms with Crippen LogP contribution in [0.4, 0.5) is 5.69 Å². The number of carbonyl (C=O) groups is 1. The number of carbonyl (C=O) groups excluding carboxylic acids is 1. The number of aromatic nitrogens is 2. The molecule has 0 bridgehead atoms. The molecule has 5 heteroatoms. The average Bonchev–Trinajstić information content (AvgIpc) is 3.08. The number of anilines is 1. The van der Waals surface area contributed by atoms with Crippen LogP contribution in [0.3, 0.4) is 0 Å². The van der Waals surface area contributed by atoms with Crippen molar-refractivity contribution in [2.45, 2.75) is 12.2 Å². The smallest absolute Gasteiger partial charge is 0.225 e. The van der Waals surface area contributed by atoms with E-state index in [0.29, 0.717) is 6.42 Å². The second-order valence-corrected chi connectivity index (χ2v) is 7.22. The Bertz CT molecular complexity index is 1020. The summed E-state index contributed by atoms with van der Waals surface area (Å²) in [7, 11) is 0. The molecular weight excluding hydrogens is 342 g/mol. The topological polar surface area (TPSA) is 46.4 Å². The molecule has 0 saturated carbocycles. The Kier molecular flexibility index (Phi) is 4.88. The van der Waals surface area contributed by atoms with Gasteiger partial charge in [-0.3, -0.25) is 4.79 Å². The zero-order valence-corrected chi connectivity index (χ0v) is 15.1. The van der Waals surface area contributed by atoms with Crippen molar-refractivity contribution in [3.05, 3.63) is 78.8 Å². The second-order valence-electron chi connectivity index (χ2n) is 6.11. The van der Waals surface area contributed by atoms with Crippen molar-refractivity contribution in [3.8, 4) is 0 Å². The van der Waals surface area contributed by atoms with E-state index >= 15 is 0 Å². The summed E-state index contributed by atoms with van der Waals surface area (Å²) in [5.74, 6) is 1.63. The molecule has 0 radical (unpaired) electrons. The molecule has 0 atom stereocenters. The lowest BCUT2D eigenvalue weighted by Gasteiger charge is -2.06. The third kappa shape index (κ3) is 3.89.